The third kappa shape index (κ3) is 2.61. The lowest BCUT2D eigenvalue weighted by atomic mass is 10.2. The van der Waals surface area contributed by atoms with Crippen molar-refractivity contribution in [3.05, 3.63) is 12.7 Å². The van der Waals surface area contributed by atoms with Gasteiger partial charge in [0.05, 0.1) is 0 Å². The zero-order chi connectivity index (χ0) is 8.97. The summed E-state index contributed by atoms with van der Waals surface area (Å²) in [5.74, 6) is 0. The Morgan fingerprint density at radius 1 is 1.67 bits per heavy atom. The molecule has 2 heteroatoms. The Morgan fingerprint density at radius 2 is 2.33 bits per heavy atom. The summed E-state index contributed by atoms with van der Waals surface area (Å²) in [7, 11) is 2.01. The maximum atomic E-state index is 3.79. The van der Waals surface area contributed by atoms with Crippen LogP contribution in [0.2, 0.25) is 0 Å². The molecule has 12 heavy (non-hydrogen) atoms. The minimum absolute atomic E-state index is 0.639. The maximum Gasteiger partial charge on any atom is 0.0198 e. The summed E-state index contributed by atoms with van der Waals surface area (Å²) >= 11 is 0. The predicted octanol–water partition coefficient (Wildman–Crippen LogP) is 1.24. The molecule has 1 N–H and O–H groups in total. The first-order valence-electron chi connectivity index (χ1n) is 4.80. The fourth-order valence-electron chi connectivity index (χ4n) is 1.66. The highest BCUT2D eigenvalue weighted by molar-refractivity contribution is 4.91. The standard InChI is InChI=1S/C10H20N2/c1-4-7-12(10-5-6-10)9(2)8-11-3/h4,9-11H,1,5-8H2,2-3H3. The predicted molar refractivity (Wildman–Crippen MR) is 53.3 cm³/mol. The van der Waals surface area contributed by atoms with Gasteiger partial charge in [-0.15, -0.1) is 6.58 Å². The van der Waals surface area contributed by atoms with Crippen molar-refractivity contribution in [1.82, 2.24) is 10.2 Å². The van der Waals surface area contributed by atoms with Crippen LogP contribution in [0.4, 0.5) is 0 Å². The van der Waals surface area contributed by atoms with Crippen molar-refractivity contribution in [1.29, 1.82) is 0 Å². The van der Waals surface area contributed by atoms with Crippen molar-refractivity contribution in [2.24, 2.45) is 0 Å². The quantitative estimate of drug-likeness (QED) is 0.600. The molecule has 1 atom stereocenters. The second kappa shape index (κ2) is 4.63. The van der Waals surface area contributed by atoms with Gasteiger partial charge in [0, 0.05) is 25.2 Å². The van der Waals surface area contributed by atoms with Gasteiger partial charge in [-0.05, 0) is 26.8 Å². The van der Waals surface area contributed by atoms with Gasteiger partial charge in [0.15, 0.2) is 0 Å². The molecule has 0 heterocycles. The van der Waals surface area contributed by atoms with E-state index in [-0.39, 0.29) is 0 Å². The van der Waals surface area contributed by atoms with Crippen LogP contribution in [-0.2, 0) is 0 Å². The molecule has 1 rings (SSSR count). The molecule has 1 aliphatic carbocycles. The Bertz CT molecular complexity index is 141. The van der Waals surface area contributed by atoms with Crippen LogP contribution in [0.3, 0.4) is 0 Å². The minimum atomic E-state index is 0.639. The Balaban J connectivity index is 2.34. The Morgan fingerprint density at radius 3 is 2.75 bits per heavy atom. The molecule has 1 fully saturated rings. The molecule has 1 saturated carbocycles. The van der Waals surface area contributed by atoms with Crippen LogP contribution < -0.4 is 5.32 Å². The monoisotopic (exact) mass is 168 g/mol. The van der Waals surface area contributed by atoms with Crippen molar-refractivity contribution in [2.75, 3.05) is 20.1 Å². The Kier molecular flexibility index (Phi) is 3.76. The second-order valence-electron chi connectivity index (χ2n) is 3.62. The SMILES string of the molecule is C=CCN(C(C)CNC)C1CC1. The molecule has 0 radical (unpaired) electrons. The highest BCUT2D eigenvalue weighted by Gasteiger charge is 2.30. The lowest BCUT2D eigenvalue weighted by Gasteiger charge is -2.27. The molecule has 0 aromatic rings. The van der Waals surface area contributed by atoms with Crippen molar-refractivity contribution in [2.45, 2.75) is 31.8 Å². The zero-order valence-corrected chi connectivity index (χ0v) is 8.21. The molecule has 0 amide bonds. The summed E-state index contributed by atoms with van der Waals surface area (Å²) in [6.45, 7) is 8.18. The van der Waals surface area contributed by atoms with E-state index in [1.807, 2.05) is 13.1 Å². The van der Waals surface area contributed by atoms with Gasteiger partial charge in [-0.1, -0.05) is 6.08 Å². The van der Waals surface area contributed by atoms with E-state index in [2.05, 4.69) is 23.7 Å². The summed E-state index contributed by atoms with van der Waals surface area (Å²) in [5.41, 5.74) is 0. The first-order valence-corrected chi connectivity index (χ1v) is 4.80. The fraction of sp³-hybridized carbons (Fsp3) is 0.800. The molecular weight excluding hydrogens is 148 g/mol. The number of rotatable bonds is 6. The third-order valence-corrected chi connectivity index (χ3v) is 2.42. The van der Waals surface area contributed by atoms with Gasteiger partial charge in [0.1, 0.15) is 0 Å². The third-order valence-electron chi connectivity index (χ3n) is 2.42. The fourth-order valence-corrected chi connectivity index (χ4v) is 1.66. The van der Waals surface area contributed by atoms with Crippen LogP contribution >= 0.6 is 0 Å². The van der Waals surface area contributed by atoms with Crippen LogP contribution in [-0.4, -0.2) is 37.1 Å². The summed E-state index contributed by atoms with van der Waals surface area (Å²) in [4.78, 5) is 2.53. The van der Waals surface area contributed by atoms with E-state index in [0.717, 1.165) is 19.1 Å². The number of nitrogens with zero attached hydrogens (tertiary/aromatic N) is 1. The van der Waals surface area contributed by atoms with Gasteiger partial charge in [-0.25, -0.2) is 0 Å². The van der Waals surface area contributed by atoms with Gasteiger partial charge in [-0.3, -0.25) is 4.90 Å². The van der Waals surface area contributed by atoms with E-state index in [4.69, 9.17) is 0 Å². The number of nitrogens with one attached hydrogen (secondary N) is 1. The molecule has 0 spiro atoms. The molecule has 0 aromatic carbocycles. The van der Waals surface area contributed by atoms with Gasteiger partial charge >= 0.3 is 0 Å². The van der Waals surface area contributed by atoms with Crippen LogP contribution in [0, 0.1) is 0 Å². The molecule has 70 valence electrons. The first-order chi connectivity index (χ1) is 5.79. The van der Waals surface area contributed by atoms with Crippen LogP contribution in [0.1, 0.15) is 19.8 Å². The summed E-state index contributed by atoms with van der Waals surface area (Å²) < 4.78 is 0. The van der Waals surface area contributed by atoms with E-state index >= 15 is 0 Å². The van der Waals surface area contributed by atoms with Crippen molar-refractivity contribution < 1.29 is 0 Å². The normalized spacial score (nSPS) is 19.6. The molecule has 1 unspecified atom stereocenters. The number of hydrogen-bond donors (Lipinski definition) is 1. The smallest absolute Gasteiger partial charge is 0.0198 e. The highest BCUT2D eigenvalue weighted by Crippen LogP contribution is 2.28. The average Bonchev–Trinajstić information content (AvgIpc) is 2.83. The van der Waals surface area contributed by atoms with E-state index < -0.39 is 0 Å². The zero-order valence-electron chi connectivity index (χ0n) is 8.21. The lowest BCUT2D eigenvalue weighted by Crippen LogP contribution is -2.40. The topological polar surface area (TPSA) is 15.3 Å². The average molecular weight is 168 g/mol. The van der Waals surface area contributed by atoms with Crippen molar-refractivity contribution in [3.63, 3.8) is 0 Å². The Labute approximate surface area is 75.6 Å². The van der Waals surface area contributed by atoms with Crippen molar-refractivity contribution >= 4 is 0 Å². The van der Waals surface area contributed by atoms with E-state index in [1.54, 1.807) is 0 Å². The molecule has 0 aliphatic heterocycles. The van der Waals surface area contributed by atoms with Gasteiger partial charge in [0.25, 0.3) is 0 Å². The molecule has 0 saturated heterocycles. The Hall–Kier alpha value is -0.340. The highest BCUT2D eigenvalue weighted by atomic mass is 15.2. The first kappa shape index (κ1) is 9.75. The second-order valence-corrected chi connectivity index (χ2v) is 3.62. The molecule has 0 bridgehead atoms. The van der Waals surface area contributed by atoms with E-state index in [9.17, 15) is 0 Å². The number of hydrogen-bond acceptors (Lipinski definition) is 2. The summed E-state index contributed by atoms with van der Waals surface area (Å²) in [6, 6.07) is 1.48. The van der Waals surface area contributed by atoms with Gasteiger partial charge in [0.2, 0.25) is 0 Å². The molecular formula is C10H20N2. The van der Waals surface area contributed by atoms with Crippen LogP contribution in [0.5, 0.6) is 0 Å². The molecule has 2 nitrogen and oxygen atoms in total. The van der Waals surface area contributed by atoms with Crippen LogP contribution in [0.25, 0.3) is 0 Å². The summed E-state index contributed by atoms with van der Waals surface area (Å²) in [6.07, 6.45) is 4.76. The lowest BCUT2D eigenvalue weighted by molar-refractivity contribution is 0.218. The van der Waals surface area contributed by atoms with Crippen LogP contribution in [0.15, 0.2) is 12.7 Å². The molecule has 0 aromatic heterocycles. The minimum Gasteiger partial charge on any atom is -0.318 e. The van der Waals surface area contributed by atoms with E-state index in [0.29, 0.717) is 6.04 Å². The largest absolute Gasteiger partial charge is 0.318 e. The van der Waals surface area contributed by atoms with Gasteiger partial charge in [-0.2, -0.15) is 0 Å². The van der Waals surface area contributed by atoms with Gasteiger partial charge < -0.3 is 5.32 Å². The summed E-state index contributed by atoms with van der Waals surface area (Å²) in [5, 5.41) is 3.21. The van der Waals surface area contributed by atoms with E-state index in [1.165, 1.54) is 12.8 Å². The number of likely N-dealkylation sites (N-methyl/N-ethyl adjacent to an activating group) is 1. The molecule has 1 aliphatic rings. The maximum absolute atomic E-state index is 3.79. The van der Waals surface area contributed by atoms with Crippen molar-refractivity contribution in [3.8, 4) is 0 Å².